The molecule has 0 saturated carbocycles. The van der Waals surface area contributed by atoms with Crippen LogP contribution in [0.15, 0.2) is 10.3 Å². The fourth-order valence-corrected chi connectivity index (χ4v) is 1.24. The monoisotopic (exact) mass is 224 g/mol. The van der Waals surface area contributed by atoms with Crippen molar-refractivity contribution < 1.29 is 9.42 Å². The lowest BCUT2D eigenvalue weighted by Crippen LogP contribution is -1.94. The first-order valence-corrected chi connectivity index (χ1v) is 5.63. The molecule has 76 valence electrons. The Balaban J connectivity index is 0. The molecule has 0 aromatic carbocycles. The van der Waals surface area contributed by atoms with Crippen LogP contribution in [0.4, 0.5) is 0 Å². The minimum Gasteiger partial charge on any atom is -0.379 e. The van der Waals surface area contributed by atoms with E-state index in [0.29, 0.717) is 0 Å². The van der Waals surface area contributed by atoms with Gasteiger partial charge >= 0.3 is 0 Å². The van der Waals surface area contributed by atoms with Crippen molar-refractivity contribution in [3.8, 4) is 0 Å². The number of hydrogen-bond acceptors (Lipinski definition) is 5. The molecular weight excluding hydrogens is 212 g/mol. The normalized spacial score (nSPS) is 10.2. The maximum absolute atomic E-state index is 10.5. The summed E-state index contributed by atoms with van der Waals surface area (Å²) in [6.45, 7) is 0.723. The van der Waals surface area contributed by atoms with Gasteiger partial charge in [-0.1, -0.05) is 0 Å². The Morgan fingerprint density at radius 1 is 1.54 bits per heavy atom. The molecule has 0 saturated heterocycles. The van der Waals surface area contributed by atoms with Crippen LogP contribution >= 0.6 is 12.2 Å². The highest BCUT2D eigenvalue weighted by Gasteiger charge is 1.89. The van der Waals surface area contributed by atoms with E-state index in [0.717, 1.165) is 25.1 Å². The van der Waals surface area contributed by atoms with Crippen molar-refractivity contribution in [2.75, 3.05) is 18.6 Å². The van der Waals surface area contributed by atoms with E-state index in [1.807, 2.05) is 0 Å². The molecule has 1 N–H and O–H groups in total. The zero-order valence-corrected chi connectivity index (χ0v) is 8.94. The number of thiocarbonyl (C=S) groups is 1. The van der Waals surface area contributed by atoms with Crippen LogP contribution in [-0.2, 0) is 10.8 Å². The van der Waals surface area contributed by atoms with Crippen molar-refractivity contribution >= 4 is 28.2 Å². The number of isothiocyanates is 1. The summed E-state index contributed by atoms with van der Waals surface area (Å²) in [6, 6.07) is 0. The SMILES string of the molecule is C[S@@](=O)CCCCN=C=S.O=NO. The largest absolute Gasteiger partial charge is 0.379 e. The van der Waals surface area contributed by atoms with Gasteiger partial charge in [0, 0.05) is 29.4 Å². The molecule has 0 aliphatic carbocycles. The first-order valence-electron chi connectivity index (χ1n) is 3.49. The van der Waals surface area contributed by atoms with Crippen LogP contribution in [0.5, 0.6) is 0 Å². The summed E-state index contributed by atoms with van der Waals surface area (Å²) in [7, 11) is -0.659. The van der Waals surface area contributed by atoms with Gasteiger partial charge in [-0.3, -0.25) is 4.21 Å². The molecular formula is C6H12N2O3S2. The molecule has 0 radical (unpaired) electrons. The molecule has 0 aliphatic rings. The van der Waals surface area contributed by atoms with Gasteiger partial charge in [0.25, 0.3) is 0 Å². The molecule has 0 amide bonds. The zero-order chi connectivity index (χ0) is 10.5. The van der Waals surface area contributed by atoms with Gasteiger partial charge in [0.15, 0.2) is 5.34 Å². The van der Waals surface area contributed by atoms with Crippen LogP contribution < -0.4 is 0 Å². The van der Waals surface area contributed by atoms with Crippen molar-refractivity contribution in [2.45, 2.75) is 12.8 Å². The van der Waals surface area contributed by atoms with Gasteiger partial charge in [-0.25, -0.2) is 4.99 Å². The standard InChI is InChI=1S/C6H11NOS2.HNO2/c1-10(8)5-3-2-4-7-6-9;2-1-3/h2-5H2,1H3;(H,2,3)/t10-;/m1./s1. The van der Waals surface area contributed by atoms with Crippen molar-refractivity contribution in [1.29, 1.82) is 0 Å². The first kappa shape index (κ1) is 14.9. The van der Waals surface area contributed by atoms with E-state index in [9.17, 15) is 4.21 Å². The number of aliphatic imine (C=N–C) groups is 1. The molecule has 1 atom stereocenters. The number of hydrogen-bond donors (Lipinski definition) is 1. The molecule has 0 spiro atoms. The second-order valence-corrected chi connectivity index (χ2v) is 3.78. The smallest absolute Gasteiger partial charge is 0.152 e. The van der Waals surface area contributed by atoms with Crippen LogP contribution in [0, 0.1) is 4.91 Å². The predicted molar refractivity (Wildman–Crippen MR) is 55.6 cm³/mol. The van der Waals surface area contributed by atoms with E-state index >= 15 is 0 Å². The van der Waals surface area contributed by atoms with E-state index in [2.05, 4.69) is 22.4 Å². The molecule has 0 unspecified atom stereocenters. The predicted octanol–water partition coefficient (Wildman–Crippen LogP) is 1.39. The molecule has 0 aromatic heterocycles. The van der Waals surface area contributed by atoms with E-state index in [1.54, 1.807) is 6.26 Å². The second kappa shape index (κ2) is 13.9. The molecule has 0 heterocycles. The highest BCUT2D eigenvalue weighted by Crippen LogP contribution is 1.90. The van der Waals surface area contributed by atoms with E-state index in [1.165, 1.54) is 5.34 Å². The summed E-state index contributed by atoms with van der Waals surface area (Å²) in [5, 5.41) is 10.2. The number of rotatable bonds is 5. The summed E-state index contributed by atoms with van der Waals surface area (Å²) in [5.74, 6) is 0.771. The Morgan fingerprint density at radius 3 is 2.46 bits per heavy atom. The summed E-state index contributed by atoms with van der Waals surface area (Å²) < 4.78 is 10.5. The molecule has 7 heteroatoms. The fourth-order valence-electron chi connectivity index (χ4n) is 0.542. The minimum absolute atomic E-state index is 0.659. The highest BCUT2D eigenvalue weighted by atomic mass is 32.2. The minimum atomic E-state index is -0.659. The molecule has 13 heavy (non-hydrogen) atoms. The molecule has 0 aliphatic heterocycles. The molecule has 0 aromatic rings. The van der Waals surface area contributed by atoms with E-state index in [-0.39, 0.29) is 0 Å². The van der Waals surface area contributed by atoms with Crippen LogP contribution in [0.3, 0.4) is 0 Å². The van der Waals surface area contributed by atoms with E-state index in [4.69, 9.17) is 10.1 Å². The van der Waals surface area contributed by atoms with Gasteiger partial charge in [-0.05, 0) is 25.1 Å². The lowest BCUT2D eigenvalue weighted by Gasteiger charge is -1.92. The number of unbranched alkanes of at least 4 members (excludes halogenated alkanes) is 1. The van der Waals surface area contributed by atoms with Gasteiger partial charge in [0.1, 0.15) is 0 Å². The van der Waals surface area contributed by atoms with Gasteiger partial charge < -0.3 is 5.21 Å². The van der Waals surface area contributed by atoms with Crippen molar-refractivity contribution in [3.63, 3.8) is 0 Å². The summed E-state index contributed by atoms with van der Waals surface area (Å²) >= 11 is 4.38. The maximum Gasteiger partial charge on any atom is 0.152 e. The Kier molecular flexibility index (Phi) is 15.9. The fraction of sp³-hybridized carbons (Fsp3) is 0.833. The van der Waals surface area contributed by atoms with Crippen LogP contribution in [0.1, 0.15) is 12.8 Å². The quantitative estimate of drug-likeness (QED) is 0.251. The Hall–Kier alpha value is -0.650. The van der Waals surface area contributed by atoms with Gasteiger partial charge in [0.05, 0.1) is 5.16 Å². The van der Waals surface area contributed by atoms with Crippen molar-refractivity contribution in [1.82, 2.24) is 0 Å². The van der Waals surface area contributed by atoms with Gasteiger partial charge in [-0.2, -0.15) is 0 Å². The van der Waals surface area contributed by atoms with Crippen LogP contribution in [-0.4, -0.2) is 33.1 Å². The molecule has 5 nitrogen and oxygen atoms in total. The first-order chi connectivity index (χ1) is 6.18. The zero-order valence-electron chi connectivity index (χ0n) is 7.30. The summed E-state index contributed by atoms with van der Waals surface area (Å²) in [6.07, 6.45) is 3.63. The average Bonchev–Trinajstić information content (AvgIpc) is 2.05. The van der Waals surface area contributed by atoms with Crippen LogP contribution in [0.2, 0.25) is 0 Å². The van der Waals surface area contributed by atoms with E-state index < -0.39 is 10.8 Å². The summed E-state index contributed by atoms with van der Waals surface area (Å²) in [5.41, 5.74) is 0. The Morgan fingerprint density at radius 2 is 2.08 bits per heavy atom. The third-order valence-corrected chi connectivity index (χ3v) is 2.01. The van der Waals surface area contributed by atoms with Gasteiger partial charge in [0.2, 0.25) is 0 Å². The van der Waals surface area contributed by atoms with Crippen LogP contribution in [0.25, 0.3) is 0 Å². The third-order valence-electron chi connectivity index (χ3n) is 1.02. The second-order valence-electron chi connectivity index (χ2n) is 2.04. The highest BCUT2D eigenvalue weighted by molar-refractivity contribution is 7.84. The maximum atomic E-state index is 10.5. The Bertz CT molecular complexity index is 188. The third kappa shape index (κ3) is 24.6. The average molecular weight is 224 g/mol. The molecule has 0 fully saturated rings. The molecule has 0 bridgehead atoms. The number of nitrogens with zero attached hydrogens (tertiary/aromatic N) is 2. The lowest BCUT2D eigenvalue weighted by molar-refractivity contribution is 0.312. The van der Waals surface area contributed by atoms with Gasteiger partial charge in [-0.15, -0.1) is 4.91 Å². The summed E-state index contributed by atoms with van der Waals surface area (Å²) in [4.78, 5) is 11.8. The topological polar surface area (TPSA) is 79.1 Å². The lowest BCUT2D eigenvalue weighted by atomic mass is 10.3. The van der Waals surface area contributed by atoms with Crippen molar-refractivity contribution in [2.24, 2.45) is 10.3 Å². The molecule has 0 rings (SSSR count). The Labute approximate surface area is 84.6 Å². The van der Waals surface area contributed by atoms with Crippen molar-refractivity contribution in [3.05, 3.63) is 4.91 Å².